The number of halogens is 1. The molecule has 2 aromatic carbocycles. The van der Waals surface area contributed by atoms with Crippen LogP contribution < -0.4 is 11.1 Å². The first-order valence-electron chi connectivity index (χ1n) is 5.72. The van der Waals surface area contributed by atoms with E-state index in [1.165, 1.54) is 0 Å². The fourth-order valence-corrected chi connectivity index (χ4v) is 1.87. The Labute approximate surface area is 111 Å². The molecule has 0 aliphatic carbocycles. The van der Waals surface area contributed by atoms with Crippen molar-refractivity contribution in [1.82, 2.24) is 0 Å². The van der Waals surface area contributed by atoms with Crippen molar-refractivity contribution in [2.75, 3.05) is 17.6 Å². The minimum Gasteiger partial charge on any atom is -0.508 e. The van der Waals surface area contributed by atoms with Gasteiger partial charge in [0, 0.05) is 6.54 Å². The predicted octanol–water partition coefficient (Wildman–Crippen LogP) is 3.28. The van der Waals surface area contributed by atoms with E-state index >= 15 is 0 Å². The van der Waals surface area contributed by atoms with Crippen LogP contribution in [0.25, 0.3) is 0 Å². The molecule has 0 spiro atoms. The molecule has 94 valence electrons. The van der Waals surface area contributed by atoms with Crippen molar-refractivity contribution in [3.63, 3.8) is 0 Å². The lowest BCUT2D eigenvalue weighted by atomic mass is 10.1. The van der Waals surface area contributed by atoms with Crippen LogP contribution in [0.1, 0.15) is 5.56 Å². The lowest BCUT2D eigenvalue weighted by molar-refractivity contribution is 0.475. The molecule has 0 heterocycles. The SMILES string of the molecule is Nc1c(Cl)cccc1NCCc1ccc(O)cc1. The molecule has 0 unspecified atom stereocenters. The highest BCUT2D eigenvalue weighted by Crippen LogP contribution is 2.26. The largest absolute Gasteiger partial charge is 0.508 e. The van der Waals surface area contributed by atoms with Gasteiger partial charge in [-0.3, -0.25) is 0 Å². The van der Waals surface area contributed by atoms with E-state index in [-0.39, 0.29) is 5.75 Å². The molecule has 0 aliphatic heterocycles. The first-order chi connectivity index (χ1) is 8.66. The van der Waals surface area contributed by atoms with Gasteiger partial charge in [-0.05, 0) is 36.2 Å². The molecule has 0 saturated carbocycles. The molecule has 0 aromatic heterocycles. The van der Waals surface area contributed by atoms with E-state index in [0.717, 1.165) is 24.2 Å². The number of nitrogens with one attached hydrogen (secondary N) is 1. The first kappa shape index (κ1) is 12.6. The first-order valence-corrected chi connectivity index (χ1v) is 6.10. The maximum absolute atomic E-state index is 9.18. The Morgan fingerprint density at radius 1 is 1.11 bits per heavy atom. The highest BCUT2D eigenvalue weighted by atomic mass is 35.5. The summed E-state index contributed by atoms with van der Waals surface area (Å²) in [6.07, 6.45) is 0.853. The van der Waals surface area contributed by atoms with Gasteiger partial charge < -0.3 is 16.2 Å². The Kier molecular flexibility index (Phi) is 3.95. The van der Waals surface area contributed by atoms with Gasteiger partial charge in [0.1, 0.15) is 5.75 Å². The van der Waals surface area contributed by atoms with Crippen molar-refractivity contribution in [3.05, 3.63) is 53.1 Å². The third-order valence-corrected chi connectivity index (χ3v) is 3.05. The molecular formula is C14H15ClN2O. The van der Waals surface area contributed by atoms with Crippen molar-refractivity contribution in [2.45, 2.75) is 6.42 Å². The number of phenols is 1. The van der Waals surface area contributed by atoms with Crippen molar-refractivity contribution in [3.8, 4) is 5.75 Å². The van der Waals surface area contributed by atoms with E-state index in [0.29, 0.717) is 10.7 Å². The summed E-state index contributed by atoms with van der Waals surface area (Å²) in [7, 11) is 0. The van der Waals surface area contributed by atoms with Gasteiger partial charge in [0.2, 0.25) is 0 Å². The summed E-state index contributed by atoms with van der Waals surface area (Å²) in [6, 6.07) is 12.7. The van der Waals surface area contributed by atoms with Crippen LogP contribution in [0.2, 0.25) is 5.02 Å². The number of hydrogen-bond acceptors (Lipinski definition) is 3. The van der Waals surface area contributed by atoms with E-state index in [1.54, 1.807) is 18.2 Å². The summed E-state index contributed by atoms with van der Waals surface area (Å²) < 4.78 is 0. The number of benzene rings is 2. The molecule has 3 nitrogen and oxygen atoms in total. The zero-order chi connectivity index (χ0) is 13.0. The molecule has 2 rings (SSSR count). The molecule has 0 aliphatic rings. The van der Waals surface area contributed by atoms with Crippen molar-refractivity contribution in [2.24, 2.45) is 0 Å². The number of anilines is 2. The van der Waals surface area contributed by atoms with Gasteiger partial charge in [-0.15, -0.1) is 0 Å². The second kappa shape index (κ2) is 5.65. The number of nitrogen functional groups attached to an aromatic ring is 1. The van der Waals surface area contributed by atoms with Crippen LogP contribution in [0.15, 0.2) is 42.5 Å². The Morgan fingerprint density at radius 3 is 2.56 bits per heavy atom. The van der Waals surface area contributed by atoms with Crippen LogP contribution in [-0.4, -0.2) is 11.7 Å². The summed E-state index contributed by atoms with van der Waals surface area (Å²) >= 11 is 5.93. The fourth-order valence-electron chi connectivity index (χ4n) is 1.70. The minimum absolute atomic E-state index is 0.283. The van der Waals surface area contributed by atoms with E-state index in [9.17, 15) is 5.11 Å². The van der Waals surface area contributed by atoms with Gasteiger partial charge in [-0.2, -0.15) is 0 Å². The Hall–Kier alpha value is -1.87. The Balaban J connectivity index is 1.92. The van der Waals surface area contributed by atoms with Gasteiger partial charge in [-0.25, -0.2) is 0 Å². The lowest BCUT2D eigenvalue weighted by Gasteiger charge is -2.10. The average molecular weight is 263 g/mol. The summed E-state index contributed by atoms with van der Waals surface area (Å²) in [5.41, 5.74) is 8.43. The maximum Gasteiger partial charge on any atom is 0.115 e. The van der Waals surface area contributed by atoms with Crippen LogP contribution in [0.5, 0.6) is 5.75 Å². The molecule has 0 fully saturated rings. The van der Waals surface area contributed by atoms with Crippen LogP contribution >= 0.6 is 11.6 Å². The van der Waals surface area contributed by atoms with E-state index in [4.69, 9.17) is 17.3 Å². The third-order valence-electron chi connectivity index (χ3n) is 2.72. The second-order valence-corrected chi connectivity index (χ2v) is 4.45. The summed E-state index contributed by atoms with van der Waals surface area (Å²) in [6.45, 7) is 0.759. The standard InChI is InChI=1S/C14H15ClN2O/c15-12-2-1-3-13(14(12)16)17-9-8-10-4-6-11(18)7-5-10/h1-7,17-18H,8-9,16H2. The average Bonchev–Trinajstić information content (AvgIpc) is 2.37. The highest BCUT2D eigenvalue weighted by Gasteiger charge is 2.02. The molecule has 0 bridgehead atoms. The van der Waals surface area contributed by atoms with E-state index in [2.05, 4.69) is 5.32 Å². The quantitative estimate of drug-likeness (QED) is 0.741. The predicted molar refractivity (Wildman–Crippen MR) is 76.2 cm³/mol. The molecule has 4 heteroatoms. The molecular weight excluding hydrogens is 248 g/mol. The van der Waals surface area contributed by atoms with Crippen LogP contribution in [0.4, 0.5) is 11.4 Å². The van der Waals surface area contributed by atoms with Gasteiger partial charge in [0.25, 0.3) is 0 Å². The summed E-state index contributed by atoms with van der Waals surface area (Å²) in [5, 5.41) is 13.0. The topological polar surface area (TPSA) is 58.3 Å². The highest BCUT2D eigenvalue weighted by molar-refractivity contribution is 6.33. The van der Waals surface area contributed by atoms with Gasteiger partial charge in [0.05, 0.1) is 16.4 Å². The molecule has 0 amide bonds. The van der Waals surface area contributed by atoms with Crippen LogP contribution in [-0.2, 0) is 6.42 Å². The smallest absolute Gasteiger partial charge is 0.115 e. The van der Waals surface area contributed by atoms with Gasteiger partial charge >= 0.3 is 0 Å². The molecule has 18 heavy (non-hydrogen) atoms. The number of para-hydroxylation sites is 1. The number of rotatable bonds is 4. The summed E-state index contributed by atoms with van der Waals surface area (Å²) in [5.74, 6) is 0.283. The molecule has 0 saturated heterocycles. The molecule has 0 radical (unpaired) electrons. The zero-order valence-corrected chi connectivity index (χ0v) is 10.6. The van der Waals surface area contributed by atoms with Crippen LogP contribution in [0, 0.1) is 0 Å². The molecule has 2 aromatic rings. The van der Waals surface area contributed by atoms with Gasteiger partial charge in [0.15, 0.2) is 0 Å². The third kappa shape index (κ3) is 3.08. The minimum atomic E-state index is 0.283. The second-order valence-electron chi connectivity index (χ2n) is 4.04. The van der Waals surface area contributed by atoms with E-state index in [1.807, 2.05) is 24.3 Å². The number of hydrogen-bond donors (Lipinski definition) is 3. The Morgan fingerprint density at radius 2 is 1.83 bits per heavy atom. The molecule has 0 atom stereocenters. The van der Waals surface area contributed by atoms with Gasteiger partial charge in [-0.1, -0.05) is 29.8 Å². The van der Waals surface area contributed by atoms with Crippen molar-refractivity contribution >= 4 is 23.0 Å². The zero-order valence-electron chi connectivity index (χ0n) is 9.86. The number of aromatic hydroxyl groups is 1. The molecule has 4 N–H and O–H groups in total. The normalized spacial score (nSPS) is 10.3. The monoisotopic (exact) mass is 262 g/mol. The fraction of sp³-hybridized carbons (Fsp3) is 0.143. The van der Waals surface area contributed by atoms with Crippen LogP contribution in [0.3, 0.4) is 0 Å². The maximum atomic E-state index is 9.18. The summed E-state index contributed by atoms with van der Waals surface area (Å²) in [4.78, 5) is 0. The Bertz CT molecular complexity index is 526. The van der Waals surface area contributed by atoms with Crippen molar-refractivity contribution < 1.29 is 5.11 Å². The van der Waals surface area contributed by atoms with Crippen molar-refractivity contribution in [1.29, 1.82) is 0 Å². The number of nitrogens with two attached hydrogens (primary N) is 1. The van der Waals surface area contributed by atoms with E-state index < -0.39 is 0 Å². The number of phenolic OH excluding ortho intramolecular Hbond substituents is 1. The lowest BCUT2D eigenvalue weighted by Crippen LogP contribution is -2.06.